The second-order valence-electron chi connectivity index (χ2n) is 6.21. The van der Waals surface area contributed by atoms with Crippen LogP contribution >= 0.6 is 0 Å². The topological polar surface area (TPSA) is 15.3 Å². The zero-order valence-electron chi connectivity index (χ0n) is 13.2. The van der Waals surface area contributed by atoms with E-state index in [-0.39, 0.29) is 0 Å². The Labute approximate surface area is 124 Å². The fourth-order valence-electron chi connectivity index (χ4n) is 3.27. The average molecular weight is 274 g/mol. The monoisotopic (exact) mass is 274 g/mol. The van der Waals surface area contributed by atoms with Gasteiger partial charge < -0.3 is 10.2 Å². The van der Waals surface area contributed by atoms with Gasteiger partial charge in [0.2, 0.25) is 0 Å². The molecule has 2 nitrogen and oxygen atoms in total. The van der Waals surface area contributed by atoms with Gasteiger partial charge in [0.15, 0.2) is 0 Å². The fraction of sp³-hybridized carbons (Fsp3) is 0.667. The van der Waals surface area contributed by atoms with Gasteiger partial charge in [-0.15, -0.1) is 0 Å². The molecule has 2 rings (SSSR count). The zero-order valence-corrected chi connectivity index (χ0v) is 13.2. The summed E-state index contributed by atoms with van der Waals surface area (Å²) >= 11 is 0. The lowest BCUT2D eigenvalue weighted by Gasteiger charge is -2.41. The van der Waals surface area contributed by atoms with E-state index in [0.717, 1.165) is 13.1 Å². The molecule has 1 aromatic carbocycles. The van der Waals surface area contributed by atoms with Gasteiger partial charge in [-0.2, -0.15) is 0 Å². The Kier molecular flexibility index (Phi) is 6.06. The Hall–Kier alpha value is -0.860. The molecule has 0 bridgehead atoms. The Balaban J connectivity index is 1.62. The van der Waals surface area contributed by atoms with Crippen LogP contribution in [0, 0.1) is 5.41 Å². The molecule has 0 spiro atoms. The normalized spacial score (nSPS) is 19.1. The van der Waals surface area contributed by atoms with Crippen LogP contribution in [0.1, 0.15) is 45.1 Å². The van der Waals surface area contributed by atoms with Crippen molar-refractivity contribution in [2.75, 3.05) is 26.2 Å². The van der Waals surface area contributed by atoms with E-state index in [1.165, 1.54) is 50.9 Å². The average Bonchev–Trinajstić information content (AvgIpc) is 2.53. The van der Waals surface area contributed by atoms with Crippen LogP contribution < -0.4 is 5.32 Å². The minimum Gasteiger partial charge on any atom is -0.311 e. The van der Waals surface area contributed by atoms with E-state index in [1.807, 2.05) is 0 Å². The summed E-state index contributed by atoms with van der Waals surface area (Å²) < 4.78 is 0. The minimum absolute atomic E-state index is 0.647. The Morgan fingerprint density at radius 1 is 1.05 bits per heavy atom. The van der Waals surface area contributed by atoms with Crippen LogP contribution in [-0.4, -0.2) is 31.1 Å². The smallest absolute Gasteiger partial charge is 0.0206 e. The van der Waals surface area contributed by atoms with Crippen LogP contribution in [0.15, 0.2) is 30.3 Å². The third-order valence-electron chi connectivity index (χ3n) is 5.19. The molecule has 1 fully saturated rings. The largest absolute Gasteiger partial charge is 0.311 e. The molecule has 20 heavy (non-hydrogen) atoms. The first-order valence-electron chi connectivity index (χ1n) is 8.25. The second kappa shape index (κ2) is 7.80. The molecule has 0 aromatic heterocycles. The highest BCUT2D eigenvalue weighted by molar-refractivity contribution is 5.14. The van der Waals surface area contributed by atoms with Gasteiger partial charge >= 0.3 is 0 Å². The van der Waals surface area contributed by atoms with Crippen molar-refractivity contribution in [2.24, 2.45) is 5.41 Å². The van der Waals surface area contributed by atoms with Crippen molar-refractivity contribution in [2.45, 2.75) is 46.1 Å². The van der Waals surface area contributed by atoms with Crippen molar-refractivity contribution in [1.82, 2.24) is 10.2 Å². The lowest BCUT2D eigenvalue weighted by atomic mass is 9.74. The summed E-state index contributed by atoms with van der Waals surface area (Å²) in [4.78, 5) is 2.63. The van der Waals surface area contributed by atoms with Crippen molar-refractivity contribution < 1.29 is 0 Å². The predicted octanol–water partition coefficient (Wildman–Crippen LogP) is 3.68. The number of nitrogens with zero attached hydrogens (tertiary/aromatic N) is 1. The summed E-state index contributed by atoms with van der Waals surface area (Å²) in [5.74, 6) is 0. The van der Waals surface area contributed by atoms with Crippen LogP contribution in [0.2, 0.25) is 0 Å². The van der Waals surface area contributed by atoms with Crippen molar-refractivity contribution in [3.8, 4) is 0 Å². The predicted molar refractivity (Wildman–Crippen MR) is 86.8 cm³/mol. The molecule has 1 N–H and O–H groups in total. The third kappa shape index (κ3) is 4.32. The van der Waals surface area contributed by atoms with Gasteiger partial charge in [0.1, 0.15) is 0 Å². The van der Waals surface area contributed by atoms with Gasteiger partial charge in [-0.3, -0.25) is 0 Å². The lowest BCUT2D eigenvalue weighted by Crippen LogP contribution is -2.42. The molecule has 0 aliphatic carbocycles. The van der Waals surface area contributed by atoms with E-state index in [0.29, 0.717) is 5.41 Å². The maximum atomic E-state index is 3.56. The quantitative estimate of drug-likeness (QED) is 0.763. The number of piperidine rings is 1. The summed E-state index contributed by atoms with van der Waals surface area (Å²) in [7, 11) is 0. The van der Waals surface area contributed by atoms with Crippen molar-refractivity contribution in [1.29, 1.82) is 0 Å². The van der Waals surface area contributed by atoms with Crippen molar-refractivity contribution in [3.05, 3.63) is 35.9 Å². The molecule has 0 saturated carbocycles. The molecule has 2 heteroatoms. The van der Waals surface area contributed by atoms with E-state index in [1.54, 1.807) is 0 Å². The van der Waals surface area contributed by atoms with E-state index < -0.39 is 0 Å². The molecule has 1 aliphatic heterocycles. The van der Waals surface area contributed by atoms with E-state index >= 15 is 0 Å². The second-order valence-corrected chi connectivity index (χ2v) is 6.21. The molecule has 0 radical (unpaired) electrons. The maximum Gasteiger partial charge on any atom is 0.0206 e. The summed E-state index contributed by atoms with van der Waals surface area (Å²) in [5, 5.41) is 3.56. The molecule has 1 saturated heterocycles. The number of benzene rings is 1. The van der Waals surface area contributed by atoms with Gasteiger partial charge in [-0.1, -0.05) is 57.0 Å². The summed E-state index contributed by atoms with van der Waals surface area (Å²) in [6.07, 6.45) is 5.48. The maximum absolute atomic E-state index is 3.56. The Bertz CT molecular complexity index is 360. The van der Waals surface area contributed by atoms with E-state index in [2.05, 4.69) is 54.4 Å². The number of rotatable bonds is 7. The van der Waals surface area contributed by atoms with Gasteiger partial charge in [-0.25, -0.2) is 0 Å². The van der Waals surface area contributed by atoms with Crippen molar-refractivity contribution >= 4 is 0 Å². The van der Waals surface area contributed by atoms with Gasteiger partial charge in [0, 0.05) is 19.6 Å². The fourth-order valence-corrected chi connectivity index (χ4v) is 3.27. The first-order chi connectivity index (χ1) is 9.78. The molecular formula is C18H30N2. The van der Waals surface area contributed by atoms with Crippen LogP contribution in [0.25, 0.3) is 0 Å². The van der Waals surface area contributed by atoms with Crippen LogP contribution in [0.3, 0.4) is 0 Å². The SMILES string of the molecule is CCC1(CC)CCN(CCNCc2ccccc2)CC1. The lowest BCUT2D eigenvalue weighted by molar-refractivity contribution is 0.0960. The molecule has 1 heterocycles. The zero-order chi connectivity index (χ0) is 14.3. The summed E-state index contributed by atoms with van der Waals surface area (Å²) in [6.45, 7) is 10.6. The molecule has 112 valence electrons. The minimum atomic E-state index is 0.647. The van der Waals surface area contributed by atoms with Crippen LogP contribution in [0.5, 0.6) is 0 Å². The van der Waals surface area contributed by atoms with Gasteiger partial charge in [-0.05, 0) is 36.9 Å². The highest BCUT2D eigenvalue weighted by Gasteiger charge is 2.30. The highest BCUT2D eigenvalue weighted by Crippen LogP contribution is 2.37. The third-order valence-corrected chi connectivity index (χ3v) is 5.19. The summed E-state index contributed by atoms with van der Waals surface area (Å²) in [5.41, 5.74) is 2.02. The first-order valence-corrected chi connectivity index (χ1v) is 8.25. The standard InChI is InChI=1S/C18H30N2/c1-3-18(4-2)10-13-20(14-11-18)15-12-19-16-17-8-6-5-7-9-17/h5-9,19H,3-4,10-16H2,1-2H3. The number of likely N-dealkylation sites (tertiary alicyclic amines) is 1. The number of hydrogen-bond acceptors (Lipinski definition) is 2. The number of nitrogens with one attached hydrogen (secondary N) is 1. The highest BCUT2D eigenvalue weighted by atomic mass is 15.1. The summed E-state index contributed by atoms with van der Waals surface area (Å²) in [6, 6.07) is 10.7. The molecule has 0 atom stereocenters. The number of hydrogen-bond donors (Lipinski definition) is 1. The molecule has 1 aliphatic rings. The Morgan fingerprint density at radius 3 is 2.30 bits per heavy atom. The van der Waals surface area contributed by atoms with Gasteiger partial charge in [0.25, 0.3) is 0 Å². The van der Waals surface area contributed by atoms with Crippen LogP contribution in [0.4, 0.5) is 0 Å². The van der Waals surface area contributed by atoms with Crippen LogP contribution in [-0.2, 0) is 6.54 Å². The molecule has 1 aromatic rings. The molecule has 0 amide bonds. The molecule has 0 unspecified atom stereocenters. The van der Waals surface area contributed by atoms with Gasteiger partial charge in [0.05, 0.1) is 0 Å². The van der Waals surface area contributed by atoms with E-state index in [4.69, 9.17) is 0 Å². The molecular weight excluding hydrogens is 244 g/mol. The Morgan fingerprint density at radius 2 is 1.70 bits per heavy atom. The van der Waals surface area contributed by atoms with E-state index in [9.17, 15) is 0 Å². The van der Waals surface area contributed by atoms with Crippen molar-refractivity contribution in [3.63, 3.8) is 0 Å². The first kappa shape index (κ1) is 15.5.